The Labute approximate surface area is 103 Å². The molecule has 1 fully saturated rings. The summed E-state index contributed by atoms with van der Waals surface area (Å²) in [6.07, 6.45) is 0.985. The van der Waals surface area contributed by atoms with Crippen LogP contribution in [0, 0.1) is 5.92 Å². The molecule has 6 nitrogen and oxygen atoms in total. The summed E-state index contributed by atoms with van der Waals surface area (Å²) in [5, 5.41) is 12.5. The molecule has 0 spiro atoms. The van der Waals surface area contributed by atoms with Crippen molar-refractivity contribution in [2.75, 3.05) is 17.7 Å². The van der Waals surface area contributed by atoms with Crippen LogP contribution in [-0.2, 0) is 4.79 Å². The maximum atomic E-state index is 10.9. The van der Waals surface area contributed by atoms with Crippen LogP contribution < -0.4 is 11.1 Å². The van der Waals surface area contributed by atoms with E-state index in [1.54, 1.807) is 0 Å². The van der Waals surface area contributed by atoms with Crippen LogP contribution in [0.5, 0.6) is 0 Å². The molecule has 0 bridgehead atoms. The van der Waals surface area contributed by atoms with Gasteiger partial charge in [-0.25, -0.2) is 4.98 Å². The number of ketones is 1. The zero-order valence-corrected chi connectivity index (χ0v) is 9.81. The van der Waals surface area contributed by atoms with Crippen molar-refractivity contribution in [3.05, 3.63) is 11.2 Å². The van der Waals surface area contributed by atoms with Gasteiger partial charge in [0.2, 0.25) is 5.95 Å². The minimum absolute atomic E-state index is 0.0700. The number of aromatic nitrogens is 2. The van der Waals surface area contributed by atoms with E-state index in [0.29, 0.717) is 18.7 Å². The largest absolute Gasteiger partial charge is 0.394 e. The van der Waals surface area contributed by atoms with Crippen LogP contribution in [0.2, 0.25) is 5.15 Å². The zero-order valence-electron chi connectivity index (χ0n) is 9.06. The molecule has 1 unspecified atom stereocenters. The highest BCUT2D eigenvalue weighted by atomic mass is 35.5. The Morgan fingerprint density at radius 3 is 2.82 bits per heavy atom. The monoisotopic (exact) mass is 256 g/mol. The second-order valence-corrected chi connectivity index (χ2v) is 4.46. The van der Waals surface area contributed by atoms with Gasteiger partial charge in [0.1, 0.15) is 16.8 Å². The molecular formula is C10H13ClN4O2. The molecule has 1 heterocycles. The number of hydrogen-bond acceptors (Lipinski definition) is 6. The van der Waals surface area contributed by atoms with Gasteiger partial charge in [-0.3, -0.25) is 4.79 Å². The molecule has 2 rings (SSSR count). The molecule has 0 aliphatic heterocycles. The number of nitrogens with zero attached hydrogens (tertiary/aromatic N) is 2. The Morgan fingerprint density at radius 1 is 1.59 bits per heavy atom. The summed E-state index contributed by atoms with van der Waals surface area (Å²) >= 11 is 5.74. The molecule has 0 saturated heterocycles. The zero-order chi connectivity index (χ0) is 12.4. The minimum Gasteiger partial charge on any atom is -0.394 e. The Morgan fingerprint density at radius 2 is 2.29 bits per heavy atom. The number of carbonyl (C=O) groups is 1. The number of rotatable bonds is 4. The predicted molar refractivity (Wildman–Crippen MR) is 63.7 cm³/mol. The van der Waals surface area contributed by atoms with Crippen molar-refractivity contribution in [2.24, 2.45) is 5.92 Å². The number of nitrogen functional groups attached to an aromatic ring is 1. The van der Waals surface area contributed by atoms with E-state index in [1.165, 1.54) is 6.07 Å². The third kappa shape index (κ3) is 2.83. The summed E-state index contributed by atoms with van der Waals surface area (Å²) in [5.41, 5.74) is 5.46. The topological polar surface area (TPSA) is 101 Å². The molecule has 0 radical (unpaired) electrons. The average Bonchev–Trinajstić information content (AvgIpc) is 2.20. The Bertz CT molecular complexity index is 412. The number of nitrogens with two attached hydrogens (primary N) is 1. The number of halogens is 1. The maximum absolute atomic E-state index is 10.9. The van der Waals surface area contributed by atoms with Crippen LogP contribution in [0.3, 0.4) is 0 Å². The molecule has 1 saturated carbocycles. The molecule has 1 atom stereocenters. The van der Waals surface area contributed by atoms with Crippen molar-refractivity contribution >= 4 is 29.2 Å². The predicted octanol–water partition coefficient (Wildman–Crippen LogP) is 0.464. The lowest BCUT2D eigenvalue weighted by atomic mass is 9.79. The van der Waals surface area contributed by atoms with Gasteiger partial charge in [-0.1, -0.05) is 11.6 Å². The van der Waals surface area contributed by atoms with Gasteiger partial charge < -0.3 is 16.2 Å². The van der Waals surface area contributed by atoms with Crippen LogP contribution in [-0.4, -0.2) is 33.5 Å². The second kappa shape index (κ2) is 4.85. The highest BCUT2D eigenvalue weighted by molar-refractivity contribution is 6.29. The standard InChI is InChI=1S/C10H13ClN4O2/c11-8-3-9(15-10(12)14-8)13-7(4-16)5-1-6(17)2-5/h3,5,7,16H,1-2,4H2,(H3,12,13,14,15). The number of nitrogens with one attached hydrogen (secondary N) is 1. The first-order valence-electron chi connectivity index (χ1n) is 5.27. The third-order valence-corrected chi connectivity index (χ3v) is 2.98. The molecule has 1 aromatic rings. The lowest BCUT2D eigenvalue weighted by Crippen LogP contribution is -2.41. The normalized spacial score (nSPS) is 17.6. The first kappa shape index (κ1) is 12.1. The number of Topliss-reactive ketones (excluding diaryl/α,β-unsaturated/α-hetero) is 1. The van der Waals surface area contributed by atoms with Gasteiger partial charge >= 0.3 is 0 Å². The fourth-order valence-electron chi connectivity index (χ4n) is 1.82. The van der Waals surface area contributed by atoms with Gasteiger partial charge in [0.15, 0.2) is 0 Å². The van der Waals surface area contributed by atoms with Gasteiger partial charge in [0, 0.05) is 18.9 Å². The van der Waals surface area contributed by atoms with E-state index in [1.807, 2.05) is 0 Å². The molecule has 7 heteroatoms. The molecule has 1 aromatic heterocycles. The Kier molecular flexibility index (Phi) is 3.44. The Balaban J connectivity index is 2.04. The van der Waals surface area contributed by atoms with Gasteiger partial charge in [-0.2, -0.15) is 4.98 Å². The fraction of sp³-hybridized carbons (Fsp3) is 0.500. The van der Waals surface area contributed by atoms with Gasteiger partial charge in [0.05, 0.1) is 12.6 Å². The SMILES string of the molecule is Nc1nc(Cl)cc(NC(CO)C2CC(=O)C2)n1. The lowest BCUT2D eigenvalue weighted by Gasteiger charge is -2.32. The molecule has 1 aliphatic rings. The average molecular weight is 257 g/mol. The first-order valence-corrected chi connectivity index (χ1v) is 5.65. The van der Waals surface area contributed by atoms with E-state index in [0.717, 1.165) is 0 Å². The summed E-state index contributed by atoms with van der Waals surface area (Å²) in [4.78, 5) is 18.6. The van der Waals surface area contributed by atoms with Crippen molar-refractivity contribution in [3.8, 4) is 0 Å². The fourth-order valence-corrected chi connectivity index (χ4v) is 2.01. The van der Waals surface area contributed by atoms with Crippen molar-refractivity contribution < 1.29 is 9.90 Å². The lowest BCUT2D eigenvalue weighted by molar-refractivity contribution is -0.127. The van der Waals surface area contributed by atoms with E-state index in [2.05, 4.69) is 15.3 Å². The van der Waals surface area contributed by atoms with E-state index < -0.39 is 0 Å². The molecule has 92 valence electrons. The van der Waals surface area contributed by atoms with Gasteiger partial charge in [-0.15, -0.1) is 0 Å². The summed E-state index contributed by atoms with van der Waals surface area (Å²) in [7, 11) is 0. The molecule has 0 aromatic carbocycles. The van der Waals surface area contributed by atoms with Crippen LogP contribution >= 0.6 is 11.6 Å². The third-order valence-electron chi connectivity index (χ3n) is 2.79. The number of carbonyl (C=O) groups excluding carboxylic acids is 1. The summed E-state index contributed by atoms with van der Waals surface area (Å²) in [5.74, 6) is 0.889. The summed E-state index contributed by atoms with van der Waals surface area (Å²) in [6, 6.07) is 1.32. The number of anilines is 2. The van der Waals surface area contributed by atoms with Crippen molar-refractivity contribution in [1.29, 1.82) is 0 Å². The van der Waals surface area contributed by atoms with E-state index in [9.17, 15) is 9.90 Å². The van der Waals surface area contributed by atoms with Crippen LogP contribution in [0.25, 0.3) is 0 Å². The molecule has 0 amide bonds. The van der Waals surface area contributed by atoms with Gasteiger partial charge in [-0.05, 0) is 5.92 Å². The summed E-state index contributed by atoms with van der Waals surface area (Å²) in [6.45, 7) is -0.0700. The number of aliphatic hydroxyl groups is 1. The van der Waals surface area contributed by atoms with Crippen molar-refractivity contribution in [2.45, 2.75) is 18.9 Å². The van der Waals surface area contributed by atoms with E-state index in [-0.39, 0.29) is 35.5 Å². The molecule has 17 heavy (non-hydrogen) atoms. The molecule has 4 N–H and O–H groups in total. The summed E-state index contributed by atoms with van der Waals surface area (Å²) < 4.78 is 0. The van der Waals surface area contributed by atoms with Gasteiger partial charge in [0.25, 0.3) is 0 Å². The van der Waals surface area contributed by atoms with Crippen molar-refractivity contribution in [3.63, 3.8) is 0 Å². The molecule has 1 aliphatic carbocycles. The van der Waals surface area contributed by atoms with Crippen LogP contribution in [0.4, 0.5) is 11.8 Å². The molecular weight excluding hydrogens is 244 g/mol. The van der Waals surface area contributed by atoms with E-state index in [4.69, 9.17) is 17.3 Å². The highest BCUT2D eigenvalue weighted by Crippen LogP contribution is 2.28. The van der Waals surface area contributed by atoms with Crippen LogP contribution in [0.1, 0.15) is 12.8 Å². The second-order valence-electron chi connectivity index (χ2n) is 4.07. The van der Waals surface area contributed by atoms with E-state index >= 15 is 0 Å². The minimum atomic E-state index is -0.210. The van der Waals surface area contributed by atoms with Crippen molar-refractivity contribution in [1.82, 2.24) is 9.97 Å². The Hall–Kier alpha value is -1.40. The highest BCUT2D eigenvalue weighted by Gasteiger charge is 2.33. The van der Waals surface area contributed by atoms with Crippen LogP contribution in [0.15, 0.2) is 6.07 Å². The number of aliphatic hydroxyl groups excluding tert-OH is 1. The maximum Gasteiger partial charge on any atom is 0.223 e. The number of hydrogen-bond donors (Lipinski definition) is 3. The smallest absolute Gasteiger partial charge is 0.223 e. The quantitative estimate of drug-likeness (QED) is 0.677. The first-order chi connectivity index (χ1) is 8.08.